The number of hydrogen-bond donors (Lipinski definition) is 1. The van der Waals surface area contributed by atoms with Crippen LogP contribution in [0.25, 0.3) is 0 Å². The van der Waals surface area contributed by atoms with Gasteiger partial charge in [-0.1, -0.05) is 35.3 Å². The van der Waals surface area contributed by atoms with E-state index in [9.17, 15) is 9.18 Å². The predicted octanol–water partition coefficient (Wildman–Crippen LogP) is 5.48. The summed E-state index contributed by atoms with van der Waals surface area (Å²) in [6.07, 6.45) is 1.42. The van der Waals surface area contributed by atoms with E-state index in [1.165, 1.54) is 37.6 Å². The summed E-state index contributed by atoms with van der Waals surface area (Å²) in [5.74, 6) is -0.0771. The summed E-state index contributed by atoms with van der Waals surface area (Å²) in [7, 11) is 1.50. The molecule has 154 valence electrons. The van der Waals surface area contributed by atoms with Gasteiger partial charge >= 0.3 is 0 Å². The summed E-state index contributed by atoms with van der Waals surface area (Å²) in [6, 6.07) is 15.7. The first-order valence-corrected chi connectivity index (χ1v) is 9.55. The molecule has 0 aliphatic rings. The molecule has 3 rings (SSSR count). The summed E-state index contributed by atoms with van der Waals surface area (Å²) in [5, 5.41) is 4.87. The van der Waals surface area contributed by atoms with Crippen molar-refractivity contribution in [1.82, 2.24) is 5.43 Å². The second kappa shape index (κ2) is 10.1. The van der Waals surface area contributed by atoms with Crippen molar-refractivity contribution >= 4 is 35.3 Å². The molecular weight excluding hydrogens is 430 g/mol. The Bertz CT molecular complexity index is 1060. The van der Waals surface area contributed by atoms with E-state index in [0.717, 1.165) is 5.56 Å². The van der Waals surface area contributed by atoms with E-state index in [1.54, 1.807) is 24.3 Å². The van der Waals surface area contributed by atoms with Crippen molar-refractivity contribution in [2.75, 3.05) is 7.11 Å². The number of nitrogens with one attached hydrogen (secondary N) is 1. The molecule has 1 N–H and O–H groups in total. The highest BCUT2D eigenvalue weighted by atomic mass is 35.5. The van der Waals surface area contributed by atoms with E-state index in [4.69, 9.17) is 32.7 Å². The summed E-state index contributed by atoms with van der Waals surface area (Å²) in [5.41, 5.74) is 4.17. The number of halogens is 3. The second-order valence-electron chi connectivity index (χ2n) is 6.16. The van der Waals surface area contributed by atoms with Crippen molar-refractivity contribution in [3.05, 3.63) is 93.2 Å². The molecule has 1 amide bonds. The fourth-order valence-electron chi connectivity index (χ4n) is 2.52. The zero-order chi connectivity index (χ0) is 21.5. The third-order valence-electron chi connectivity index (χ3n) is 4.03. The zero-order valence-electron chi connectivity index (χ0n) is 15.9. The van der Waals surface area contributed by atoms with E-state index in [-0.39, 0.29) is 12.2 Å². The van der Waals surface area contributed by atoms with Crippen molar-refractivity contribution in [3.63, 3.8) is 0 Å². The SMILES string of the molecule is COc1cc(/C=N\NC(=O)c2ccc(F)cc2)cc(Cl)c1OCc1ccc(Cl)cc1. The highest BCUT2D eigenvalue weighted by molar-refractivity contribution is 6.32. The number of nitrogens with zero attached hydrogens (tertiary/aromatic N) is 1. The van der Waals surface area contributed by atoms with Crippen LogP contribution < -0.4 is 14.9 Å². The number of hydrazone groups is 1. The van der Waals surface area contributed by atoms with E-state index in [0.29, 0.717) is 27.1 Å². The van der Waals surface area contributed by atoms with Gasteiger partial charge in [0.2, 0.25) is 0 Å². The third-order valence-corrected chi connectivity index (χ3v) is 4.57. The zero-order valence-corrected chi connectivity index (χ0v) is 17.4. The number of amides is 1. The third kappa shape index (κ3) is 5.72. The molecule has 5 nitrogen and oxygen atoms in total. The van der Waals surface area contributed by atoms with Crippen LogP contribution >= 0.6 is 23.2 Å². The maximum absolute atomic E-state index is 12.9. The minimum Gasteiger partial charge on any atom is -0.493 e. The van der Waals surface area contributed by atoms with Crippen LogP contribution in [0.5, 0.6) is 11.5 Å². The van der Waals surface area contributed by atoms with Crippen LogP contribution in [0.4, 0.5) is 4.39 Å². The van der Waals surface area contributed by atoms with E-state index in [1.807, 2.05) is 12.1 Å². The van der Waals surface area contributed by atoms with Gasteiger partial charge in [-0.2, -0.15) is 5.10 Å². The summed E-state index contributed by atoms with van der Waals surface area (Å²) < 4.78 is 24.1. The Balaban J connectivity index is 1.68. The lowest BCUT2D eigenvalue weighted by Crippen LogP contribution is -2.17. The Morgan fingerprint density at radius 2 is 1.80 bits per heavy atom. The number of rotatable bonds is 7. The van der Waals surface area contributed by atoms with Crippen LogP contribution in [0.2, 0.25) is 10.0 Å². The normalized spacial score (nSPS) is 10.8. The Labute approximate surface area is 183 Å². The molecule has 0 atom stereocenters. The lowest BCUT2D eigenvalue weighted by molar-refractivity contribution is 0.0955. The Morgan fingerprint density at radius 3 is 2.47 bits per heavy atom. The average molecular weight is 447 g/mol. The van der Waals surface area contributed by atoms with E-state index in [2.05, 4.69) is 10.5 Å². The van der Waals surface area contributed by atoms with Gasteiger partial charge in [0.05, 0.1) is 18.3 Å². The quantitative estimate of drug-likeness (QED) is 0.385. The Morgan fingerprint density at radius 1 is 1.10 bits per heavy atom. The van der Waals surface area contributed by atoms with Crippen LogP contribution in [-0.4, -0.2) is 19.2 Å². The van der Waals surface area contributed by atoms with Crippen molar-refractivity contribution in [1.29, 1.82) is 0 Å². The maximum atomic E-state index is 12.9. The highest BCUT2D eigenvalue weighted by Crippen LogP contribution is 2.36. The lowest BCUT2D eigenvalue weighted by atomic mass is 10.2. The van der Waals surface area contributed by atoms with Gasteiger partial charge in [0.25, 0.3) is 5.91 Å². The topological polar surface area (TPSA) is 59.9 Å². The second-order valence-corrected chi connectivity index (χ2v) is 7.00. The van der Waals surface area contributed by atoms with Gasteiger partial charge in [-0.25, -0.2) is 9.82 Å². The number of methoxy groups -OCH3 is 1. The fourth-order valence-corrected chi connectivity index (χ4v) is 2.92. The molecule has 0 aliphatic heterocycles. The van der Waals surface area contributed by atoms with Gasteiger partial charge in [-0.05, 0) is 59.7 Å². The molecule has 0 fully saturated rings. The summed E-state index contributed by atoms with van der Waals surface area (Å²) >= 11 is 12.2. The molecule has 0 aliphatic carbocycles. The molecule has 8 heteroatoms. The Kier molecular flexibility index (Phi) is 7.27. The van der Waals surface area contributed by atoms with Gasteiger partial charge in [0, 0.05) is 10.6 Å². The first-order chi connectivity index (χ1) is 14.5. The fraction of sp³-hybridized carbons (Fsp3) is 0.0909. The van der Waals surface area contributed by atoms with E-state index < -0.39 is 11.7 Å². The minimum atomic E-state index is -0.466. The molecule has 0 bridgehead atoms. The number of ether oxygens (including phenoxy) is 2. The first kappa shape index (κ1) is 21.6. The van der Waals surface area contributed by atoms with Crippen molar-refractivity contribution in [2.45, 2.75) is 6.61 Å². The molecule has 0 spiro atoms. The molecule has 0 unspecified atom stereocenters. The van der Waals surface area contributed by atoms with Crippen LogP contribution in [0.15, 0.2) is 65.8 Å². The first-order valence-electron chi connectivity index (χ1n) is 8.80. The highest BCUT2D eigenvalue weighted by Gasteiger charge is 2.12. The molecular formula is C22H17Cl2FN2O3. The van der Waals surface area contributed by atoms with Crippen molar-refractivity contribution in [2.24, 2.45) is 5.10 Å². The largest absolute Gasteiger partial charge is 0.493 e. The molecule has 3 aromatic carbocycles. The van der Waals surface area contributed by atoms with Crippen LogP contribution in [-0.2, 0) is 6.61 Å². The summed E-state index contributed by atoms with van der Waals surface area (Å²) in [6.45, 7) is 0.286. The number of hydrogen-bond acceptors (Lipinski definition) is 4. The molecule has 0 saturated heterocycles. The van der Waals surface area contributed by atoms with Gasteiger partial charge < -0.3 is 9.47 Å². The van der Waals surface area contributed by atoms with Gasteiger partial charge in [-0.15, -0.1) is 0 Å². The minimum absolute atomic E-state index is 0.286. The number of carbonyl (C=O) groups is 1. The average Bonchev–Trinajstić information content (AvgIpc) is 2.74. The smallest absolute Gasteiger partial charge is 0.271 e. The maximum Gasteiger partial charge on any atom is 0.271 e. The summed E-state index contributed by atoms with van der Waals surface area (Å²) in [4.78, 5) is 12.0. The molecule has 0 heterocycles. The van der Waals surface area contributed by atoms with Crippen molar-refractivity contribution in [3.8, 4) is 11.5 Å². The van der Waals surface area contributed by atoms with Gasteiger partial charge in [0.15, 0.2) is 11.5 Å². The van der Waals surface area contributed by atoms with Gasteiger partial charge in [-0.3, -0.25) is 4.79 Å². The lowest BCUT2D eigenvalue weighted by Gasteiger charge is -2.13. The van der Waals surface area contributed by atoms with Crippen LogP contribution in [0.1, 0.15) is 21.5 Å². The Hall–Kier alpha value is -3.09. The van der Waals surface area contributed by atoms with Crippen LogP contribution in [0.3, 0.4) is 0 Å². The monoisotopic (exact) mass is 446 g/mol. The number of benzene rings is 3. The van der Waals surface area contributed by atoms with Crippen molar-refractivity contribution < 1.29 is 18.7 Å². The van der Waals surface area contributed by atoms with Gasteiger partial charge in [0.1, 0.15) is 12.4 Å². The molecule has 0 aromatic heterocycles. The molecule has 3 aromatic rings. The standard InChI is InChI=1S/C22H17Cl2FN2O3/c1-29-20-11-15(12-26-27-22(28)16-4-8-18(25)9-5-16)10-19(24)21(20)30-13-14-2-6-17(23)7-3-14/h2-12H,13H2,1H3,(H,27,28)/b26-12-. The number of carbonyl (C=O) groups excluding carboxylic acids is 1. The molecule has 0 radical (unpaired) electrons. The van der Waals surface area contributed by atoms with Crippen LogP contribution in [0, 0.1) is 5.82 Å². The molecule has 30 heavy (non-hydrogen) atoms. The van der Waals surface area contributed by atoms with E-state index >= 15 is 0 Å². The predicted molar refractivity (Wildman–Crippen MR) is 115 cm³/mol. The molecule has 0 saturated carbocycles.